The fourth-order valence-corrected chi connectivity index (χ4v) is 1.32. The van der Waals surface area contributed by atoms with E-state index in [0.717, 1.165) is 43.9 Å². The molecule has 0 saturated heterocycles. The van der Waals surface area contributed by atoms with Crippen LogP contribution in [-0.2, 0) is 11.3 Å². The molecule has 0 atom stereocenters. The standard InChI is InChI=1S/C11H16O.C6H14.C5H13N/c1-10(2)8-12-9-11-6-4-3-5-7-11;1-5(2)6(3)4;1-5(2)3-4-6/h3-7,10H,8-9H2,1-2H3;5-6H,1-4H3;5H,3-4,6H2,1-2H3. The first-order chi connectivity index (χ1) is 11.2. The second kappa shape index (κ2) is 17.0. The van der Waals surface area contributed by atoms with Gasteiger partial charge in [0.15, 0.2) is 0 Å². The van der Waals surface area contributed by atoms with Crippen LogP contribution in [0.15, 0.2) is 30.3 Å². The van der Waals surface area contributed by atoms with Gasteiger partial charge in [0, 0.05) is 6.61 Å². The maximum Gasteiger partial charge on any atom is 0.0717 e. The van der Waals surface area contributed by atoms with Gasteiger partial charge in [-0.1, -0.05) is 85.7 Å². The van der Waals surface area contributed by atoms with Crippen LogP contribution in [0.1, 0.15) is 67.4 Å². The Morgan fingerprint density at radius 1 is 0.792 bits per heavy atom. The number of ether oxygens (including phenoxy) is 1. The number of hydrogen-bond donors (Lipinski definition) is 1. The highest BCUT2D eigenvalue weighted by Gasteiger charge is 1.96. The minimum absolute atomic E-state index is 0.619. The van der Waals surface area contributed by atoms with E-state index in [1.807, 2.05) is 18.2 Å². The van der Waals surface area contributed by atoms with Crippen molar-refractivity contribution in [1.82, 2.24) is 0 Å². The predicted molar refractivity (Wildman–Crippen MR) is 109 cm³/mol. The number of benzene rings is 1. The Kier molecular flexibility index (Phi) is 18.0. The van der Waals surface area contributed by atoms with Gasteiger partial charge in [0.2, 0.25) is 0 Å². The molecule has 2 N–H and O–H groups in total. The van der Waals surface area contributed by atoms with Gasteiger partial charge in [-0.3, -0.25) is 0 Å². The molecule has 0 aromatic heterocycles. The molecule has 0 bridgehead atoms. The second-order valence-corrected chi connectivity index (χ2v) is 7.85. The minimum Gasteiger partial charge on any atom is -0.377 e. The van der Waals surface area contributed by atoms with E-state index in [1.165, 1.54) is 5.56 Å². The molecule has 0 spiro atoms. The maximum absolute atomic E-state index is 5.48. The highest BCUT2D eigenvalue weighted by atomic mass is 16.5. The van der Waals surface area contributed by atoms with E-state index >= 15 is 0 Å². The number of rotatable bonds is 7. The lowest BCUT2D eigenvalue weighted by molar-refractivity contribution is 0.0971. The monoisotopic (exact) mass is 337 g/mol. The minimum atomic E-state index is 0.619. The van der Waals surface area contributed by atoms with Gasteiger partial charge in [-0.2, -0.15) is 0 Å². The van der Waals surface area contributed by atoms with Crippen LogP contribution >= 0.6 is 0 Å². The highest BCUT2D eigenvalue weighted by molar-refractivity contribution is 5.13. The molecule has 0 amide bonds. The zero-order chi connectivity index (χ0) is 19.0. The Balaban J connectivity index is 0. The zero-order valence-electron chi connectivity index (χ0n) is 17.5. The van der Waals surface area contributed by atoms with Crippen LogP contribution in [0.3, 0.4) is 0 Å². The predicted octanol–water partition coefficient (Wildman–Crippen LogP) is 6.15. The van der Waals surface area contributed by atoms with Crippen LogP contribution in [0.25, 0.3) is 0 Å². The van der Waals surface area contributed by atoms with Gasteiger partial charge in [-0.15, -0.1) is 0 Å². The van der Waals surface area contributed by atoms with E-state index in [-0.39, 0.29) is 0 Å². The number of nitrogens with two attached hydrogens (primary N) is 1. The van der Waals surface area contributed by atoms with Crippen LogP contribution in [-0.4, -0.2) is 13.2 Å². The van der Waals surface area contributed by atoms with Gasteiger partial charge >= 0.3 is 0 Å². The Labute approximate surface area is 152 Å². The summed E-state index contributed by atoms with van der Waals surface area (Å²) in [6.07, 6.45) is 1.15. The van der Waals surface area contributed by atoms with Crippen molar-refractivity contribution in [3.05, 3.63) is 35.9 Å². The SMILES string of the molecule is CC(C)C(C)C.CC(C)CCN.CC(C)COCc1ccccc1. The lowest BCUT2D eigenvalue weighted by Crippen LogP contribution is -2.01. The molecule has 24 heavy (non-hydrogen) atoms. The maximum atomic E-state index is 5.48. The van der Waals surface area contributed by atoms with E-state index in [0.29, 0.717) is 5.92 Å². The largest absolute Gasteiger partial charge is 0.377 e. The van der Waals surface area contributed by atoms with Crippen molar-refractivity contribution in [3.63, 3.8) is 0 Å². The summed E-state index contributed by atoms with van der Waals surface area (Å²) in [7, 11) is 0. The Morgan fingerprint density at radius 3 is 1.58 bits per heavy atom. The van der Waals surface area contributed by atoms with Crippen molar-refractivity contribution in [3.8, 4) is 0 Å². The quantitative estimate of drug-likeness (QED) is 0.647. The highest BCUT2D eigenvalue weighted by Crippen LogP contribution is 2.05. The summed E-state index contributed by atoms with van der Waals surface area (Å²) in [6.45, 7) is 20.0. The van der Waals surface area contributed by atoms with Crippen molar-refractivity contribution >= 4 is 0 Å². The second-order valence-electron chi connectivity index (χ2n) is 7.85. The summed E-state index contributed by atoms with van der Waals surface area (Å²) in [4.78, 5) is 0. The van der Waals surface area contributed by atoms with Crippen LogP contribution in [0.2, 0.25) is 0 Å². The van der Waals surface area contributed by atoms with E-state index in [2.05, 4.69) is 67.5 Å². The molecule has 2 heteroatoms. The lowest BCUT2D eigenvalue weighted by Gasteiger charge is -2.05. The average molecular weight is 338 g/mol. The van der Waals surface area contributed by atoms with Gasteiger partial charge in [-0.05, 0) is 42.2 Å². The molecule has 1 aromatic carbocycles. The topological polar surface area (TPSA) is 35.2 Å². The Bertz CT molecular complexity index is 338. The average Bonchev–Trinajstić information content (AvgIpc) is 2.49. The molecule has 0 fully saturated rings. The van der Waals surface area contributed by atoms with Crippen molar-refractivity contribution in [2.75, 3.05) is 13.2 Å². The summed E-state index contributed by atoms with van der Waals surface area (Å²) < 4.78 is 5.48. The summed E-state index contributed by atoms with van der Waals surface area (Å²) in [6, 6.07) is 10.3. The first-order valence-corrected chi connectivity index (χ1v) is 9.52. The normalized spacial score (nSPS) is 10.5. The van der Waals surface area contributed by atoms with Crippen molar-refractivity contribution in [1.29, 1.82) is 0 Å². The first kappa shape index (κ1) is 25.4. The third-order valence-corrected chi connectivity index (χ3v) is 3.64. The van der Waals surface area contributed by atoms with Gasteiger partial charge < -0.3 is 10.5 Å². The van der Waals surface area contributed by atoms with Crippen molar-refractivity contribution in [2.24, 2.45) is 29.4 Å². The molecular formula is C22H43NO. The fourth-order valence-electron chi connectivity index (χ4n) is 1.32. The third kappa shape index (κ3) is 21.1. The summed E-state index contributed by atoms with van der Waals surface area (Å²) in [5.41, 5.74) is 6.48. The summed E-state index contributed by atoms with van der Waals surface area (Å²) in [5.74, 6) is 3.10. The van der Waals surface area contributed by atoms with Gasteiger partial charge in [0.05, 0.1) is 6.61 Å². The van der Waals surface area contributed by atoms with Crippen molar-refractivity contribution < 1.29 is 4.74 Å². The van der Waals surface area contributed by atoms with Gasteiger partial charge in [0.25, 0.3) is 0 Å². The van der Waals surface area contributed by atoms with E-state index < -0.39 is 0 Å². The first-order valence-electron chi connectivity index (χ1n) is 9.52. The molecule has 142 valence electrons. The van der Waals surface area contributed by atoms with Crippen LogP contribution < -0.4 is 5.73 Å². The van der Waals surface area contributed by atoms with Crippen molar-refractivity contribution in [2.45, 2.75) is 68.4 Å². The van der Waals surface area contributed by atoms with Crippen LogP contribution in [0.5, 0.6) is 0 Å². The van der Waals surface area contributed by atoms with E-state index in [1.54, 1.807) is 0 Å². The van der Waals surface area contributed by atoms with Crippen LogP contribution in [0.4, 0.5) is 0 Å². The zero-order valence-corrected chi connectivity index (χ0v) is 17.5. The fraction of sp³-hybridized carbons (Fsp3) is 0.727. The van der Waals surface area contributed by atoms with E-state index in [4.69, 9.17) is 10.5 Å². The smallest absolute Gasteiger partial charge is 0.0717 e. The van der Waals surface area contributed by atoms with Gasteiger partial charge in [0.1, 0.15) is 0 Å². The molecule has 0 radical (unpaired) electrons. The summed E-state index contributed by atoms with van der Waals surface area (Å²) in [5, 5.41) is 0. The lowest BCUT2D eigenvalue weighted by atomic mass is 10.0. The summed E-state index contributed by atoms with van der Waals surface area (Å²) >= 11 is 0. The molecule has 2 nitrogen and oxygen atoms in total. The Morgan fingerprint density at radius 2 is 1.29 bits per heavy atom. The Hall–Kier alpha value is -0.860. The molecule has 0 aliphatic rings. The van der Waals surface area contributed by atoms with E-state index in [9.17, 15) is 0 Å². The molecule has 0 saturated carbocycles. The third-order valence-electron chi connectivity index (χ3n) is 3.64. The molecule has 0 aliphatic carbocycles. The molecule has 0 unspecified atom stereocenters. The van der Waals surface area contributed by atoms with Gasteiger partial charge in [-0.25, -0.2) is 0 Å². The molecule has 0 aliphatic heterocycles. The molecule has 1 rings (SSSR count). The molecule has 0 heterocycles. The van der Waals surface area contributed by atoms with Crippen LogP contribution in [0, 0.1) is 23.7 Å². The molecular weight excluding hydrogens is 294 g/mol. The number of hydrogen-bond acceptors (Lipinski definition) is 2. The molecule has 1 aromatic rings.